The van der Waals surface area contributed by atoms with Crippen molar-refractivity contribution in [3.8, 4) is 11.5 Å². The number of piperidine rings is 2. The van der Waals surface area contributed by atoms with E-state index in [1.54, 1.807) is 15.8 Å². The summed E-state index contributed by atoms with van der Waals surface area (Å²) >= 11 is 0. The topological polar surface area (TPSA) is 127 Å². The molecule has 3 aliphatic rings. The van der Waals surface area contributed by atoms with Crippen LogP contribution in [0.1, 0.15) is 18.4 Å². The number of rotatable bonds is 6. The van der Waals surface area contributed by atoms with Crippen molar-refractivity contribution in [1.82, 2.24) is 39.8 Å². The monoisotopic (exact) mass is 566 g/mol. The third-order valence-corrected chi connectivity index (χ3v) is 7.89. The highest BCUT2D eigenvalue weighted by Gasteiger charge is 2.42. The first-order valence-electron chi connectivity index (χ1n) is 13.6. The van der Waals surface area contributed by atoms with E-state index in [-0.39, 0.29) is 12.1 Å². The second-order valence-corrected chi connectivity index (χ2v) is 10.6. The van der Waals surface area contributed by atoms with Gasteiger partial charge >= 0.3 is 0 Å². The largest absolute Gasteiger partial charge is 0.457 e. The van der Waals surface area contributed by atoms with Crippen molar-refractivity contribution in [3.05, 3.63) is 66.9 Å². The summed E-state index contributed by atoms with van der Waals surface area (Å²) in [5, 5.41) is 11.6. The Labute approximate surface area is 239 Å². The molecule has 212 valence electrons. The number of anilines is 3. The number of benzene rings is 2. The van der Waals surface area contributed by atoms with Crippen LogP contribution in [0.15, 0.2) is 61.3 Å². The standard InChI is InChI=1S/C29H27FN10O2/c1-16-10-18(4-9-25(16)42-21-7-8-24-22(11-21)36-37-38(24)3)34-27-26-23(32-15-33-27)12-31-29(35-26)40-14-19-5-6-20(40)13-39(19)28(41)17(2)30/h4,7-12,15,19-20H,2,5-6,13-14H2,1,3H3,(H,32,33,34). The first-order chi connectivity index (χ1) is 20.3. The number of hydrogen-bond donors (Lipinski definition) is 1. The molecular weight excluding hydrogens is 539 g/mol. The van der Waals surface area contributed by atoms with E-state index in [1.165, 1.54) is 6.33 Å². The number of aryl methyl sites for hydroxylation is 2. The molecule has 3 aromatic heterocycles. The van der Waals surface area contributed by atoms with Crippen LogP contribution in [-0.4, -0.2) is 70.9 Å². The van der Waals surface area contributed by atoms with Crippen molar-refractivity contribution >= 4 is 45.4 Å². The van der Waals surface area contributed by atoms with Gasteiger partial charge < -0.3 is 19.9 Å². The van der Waals surface area contributed by atoms with E-state index in [0.29, 0.717) is 47.4 Å². The molecule has 3 aliphatic heterocycles. The number of hydrogen-bond acceptors (Lipinski definition) is 10. The summed E-state index contributed by atoms with van der Waals surface area (Å²) in [7, 11) is 1.85. The molecule has 2 unspecified atom stereocenters. The summed E-state index contributed by atoms with van der Waals surface area (Å²) in [6, 6.07) is 11.3. The molecule has 0 aliphatic carbocycles. The summed E-state index contributed by atoms with van der Waals surface area (Å²) < 4.78 is 21.4. The number of ether oxygens (including phenoxy) is 1. The molecule has 13 heteroatoms. The number of amides is 1. The molecule has 0 spiro atoms. The zero-order chi connectivity index (χ0) is 29.0. The smallest absolute Gasteiger partial charge is 0.282 e. The molecule has 3 saturated heterocycles. The van der Waals surface area contributed by atoms with E-state index < -0.39 is 11.7 Å². The summed E-state index contributed by atoms with van der Waals surface area (Å²) in [5.74, 6) is 0.888. The number of fused-ring (bicyclic) bond motifs is 5. The lowest BCUT2D eigenvalue weighted by molar-refractivity contribution is -0.133. The van der Waals surface area contributed by atoms with Crippen LogP contribution < -0.4 is 15.0 Å². The first-order valence-corrected chi connectivity index (χ1v) is 13.6. The molecule has 0 radical (unpaired) electrons. The molecular formula is C29H27FN10O2. The van der Waals surface area contributed by atoms with Gasteiger partial charge in [0.15, 0.2) is 11.6 Å². The minimum Gasteiger partial charge on any atom is -0.457 e. The molecule has 1 amide bonds. The van der Waals surface area contributed by atoms with Gasteiger partial charge in [-0.2, -0.15) is 0 Å². The van der Waals surface area contributed by atoms with Gasteiger partial charge in [-0.25, -0.2) is 29.0 Å². The third-order valence-electron chi connectivity index (χ3n) is 7.89. The molecule has 5 aromatic rings. The van der Waals surface area contributed by atoms with Crippen molar-refractivity contribution in [1.29, 1.82) is 0 Å². The Hall–Kier alpha value is -5.20. The van der Waals surface area contributed by atoms with Gasteiger partial charge in [-0.05, 0) is 55.7 Å². The Bertz CT molecular complexity index is 1870. The van der Waals surface area contributed by atoms with Crippen LogP contribution in [0.3, 0.4) is 0 Å². The fraction of sp³-hybridized carbons (Fsp3) is 0.276. The number of nitrogens with one attached hydrogen (secondary N) is 1. The average molecular weight is 567 g/mol. The molecule has 0 saturated carbocycles. The maximum absolute atomic E-state index is 13.6. The van der Waals surface area contributed by atoms with Gasteiger partial charge in [0, 0.05) is 44.0 Å². The maximum Gasteiger partial charge on any atom is 0.282 e. The maximum atomic E-state index is 13.6. The molecule has 8 rings (SSSR count). The predicted molar refractivity (Wildman–Crippen MR) is 154 cm³/mol. The van der Waals surface area contributed by atoms with Crippen molar-refractivity contribution in [2.75, 3.05) is 23.3 Å². The third kappa shape index (κ3) is 4.52. The minimum atomic E-state index is -0.928. The quantitative estimate of drug-likeness (QED) is 0.299. The average Bonchev–Trinajstić information content (AvgIpc) is 3.37. The Morgan fingerprint density at radius 1 is 1.07 bits per heavy atom. The van der Waals surface area contributed by atoms with E-state index in [0.717, 1.165) is 35.1 Å². The lowest BCUT2D eigenvalue weighted by atomic mass is 9.91. The van der Waals surface area contributed by atoms with Crippen LogP contribution in [0.5, 0.6) is 11.5 Å². The number of nitrogens with zero attached hydrogens (tertiary/aromatic N) is 9. The fourth-order valence-electron chi connectivity index (χ4n) is 5.74. The molecule has 2 bridgehead atoms. The van der Waals surface area contributed by atoms with Gasteiger partial charge in [0.25, 0.3) is 5.91 Å². The molecule has 2 aromatic carbocycles. The van der Waals surface area contributed by atoms with Gasteiger partial charge in [-0.1, -0.05) is 11.8 Å². The van der Waals surface area contributed by atoms with Crippen LogP contribution in [-0.2, 0) is 11.8 Å². The van der Waals surface area contributed by atoms with Gasteiger partial charge in [-0.3, -0.25) is 4.79 Å². The van der Waals surface area contributed by atoms with Crippen LogP contribution in [0, 0.1) is 6.92 Å². The van der Waals surface area contributed by atoms with Crippen molar-refractivity contribution in [2.45, 2.75) is 31.8 Å². The van der Waals surface area contributed by atoms with Crippen molar-refractivity contribution < 1.29 is 13.9 Å². The molecule has 6 heterocycles. The number of halogens is 1. The molecule has 2 atom stereocenters. The zero-order valence-electron chi connectivity index (χ0n) is 23.0. The lowest BCUT2D eigenvalue weighted by Gasteiger charge is -2.51. The minimum absolute atomic E-state index is 0.0124. The lowest BCUT2D eigenvalue weighted by Crippen LogP contribution is -2.64. The van der Waals surface area contributed by atoms with E-state index in [1.807, 2.05) is 50.4 Å². The number of aromatic nitrogens is 7. The van der Waals surface area contributed by atoms with Crippen LogP contribution >= 0.6 is 0 Å². The number of piperazine rings is 1. The second kappa shape index (κ2) is 10.0. The Kier molecular flexibility index (Phi) is 6.14. The summed E-state index contributed by atoms with van der Waals surface area (Å²) in [6.45, 7) is 6.08. The van der Waals surface area contributed by atoms with Crippen molar-refractivity contribution in [3.63, 3.8) is 0 Å². The highest BCUT2D eigenvalue weighted by atomic mass is 19.1. The summed E-state index contributed by atoms with van der Waals surface area (Å²) in [6.07, 6.45) is 4.81. The van der Waals surface area contributed by atoms with Gasteiger partial charge in [0.2, 0.25) is 5.95 Å². The SMILES string of the molecule is C=C(F)C(=O)N1CC2CCC1CN2c1ncc2ncnc(Nc3ccc(Oc4ccc5c(c4)nnn5C)c(C)c3)c2n1. The predicted octanol–water partition coefficient (Wildman–Crippen LogP) is 4.21. The fourth-order valence-corrected chi connectivity index (χ4v) is 5.74. The Morgan fingerprint density at radius 3 is 2.71 bits per heavy atom. The first kappa shape index (κ1) is 25.7. The molecule has 42 heavy (non-hydrogen) atoms. The molecule has 3 fully saturated rings. The highest BCUT2D eigenvalue weighted by Crippen LogP contribution is 2.34. The van der Waals surface area contributed by atoms with Gasteiger partial charge in [-0.15, -0.1) is 5.10 Å². The Balaban J connectivity index is 1.12. The van der Waals surface area contributed by atoms with Gasteiger partial charge in [0.05, 0.1) is 11.7 Å². The van der Waals surface area contributed by atoms with E-state index in [2.05, 4.69) is 42.1 Å². The normalized spacial score (nSPS) is 18.1. The second-order valence-electron chi connectivity index (χ2n) is 10.6. The van der Waals surface area contributed by atoms with Crippen LogP contribution in [0.4, 0.5) is 21.8 Å². The summed E-state index contributed by atoms with van der Waals surface area (Å²) in [4.78, 5) is 34.1. The van der Waals surface area contributed by atoms with Crippen LogP contribution in [0.2, 0.25) is 0 Å². The number of carbonyl (C=O) groups is 1. The van der Waals surface area contributed by atoms with E-state index >= 15 is 0 Å². The van der Waals surface area contributed by atoms with Gasteiger partial charge in [0.1, 0.15) is 34.4 Å². The molecule has 1 N–H and O–H groups in total. The van der Waals surface area contributed by atoms with Crippen LogP contribution in [0.25, 0.3) is 22.1 Å². The van der Waals surface area contributed by atoms with E-state index in [4.69, 9.17) is 9.72 Å². The number of carbonyl (C=O) groups excluding carboxylic acids is 1. The zero-order valence-corrected chi connectivity index (χ0v) is 23.0. The summed E-state index contributed by atoms with van der Waals surface area (Å²) in [5.41, 5.74) is 4.59. The van der Waals surface area contributed by atoms with Crippen molar-refractivity contribution in [2.24, 2.45) is 7.05 Å². The Morgan fingerprint density at radius 2 is 1.93 bits per heavy atom. The highest BCUT2D eigenvalue weighted by molar-refractivity contribution is 5.91. The molecule has 12 nitrogen and oxygen atoms in total. The van der Waals surface area contributed by atoms with E-state index in [9.17, 15) is 9.18 Å².